The van der Waals surface area contributed by atoms with E-state index < -0.39 is 0 Å². The minimum Gasteiger partial charge on any atom is -0.489 e. The molecule has 0 atom stereocenters. The van der Waals surface area contributed by atoms with Gasteiger partial charge in [0, 0.05) is 13.1 Å². The third-order valence-electron chi connectivity index (χ3n) is 2.39. The van der Waals surface area contributed by atoms with E-state index in [9.17, 15) is 0 Å². The van der Waals surface area contributed by atoms with Crippen molar-refractivity contribution in [3.8, 4) is 17.4 Å². The molecule has 5 nitrogen and oxygen atoms in total. The van der Waals surface area contributed by atoms with Crippen molar-refractivity contribution in [3.63, 3.8) is 0 Å². The molecule has 1 N–H and O–H groups in total. The molecule has 20 heavy (non-hydrogen) atoms. The molecule has 0 spiro atoms. The Morgan fingerprint density at radius 2 is 1.75 bits per heavy atom. The number of anilines is 1. The largest absolute Gasteiger partial charge is 0.489 e. The number of nitrogens with zero attached hydrogens (tertiary/aromatic N) is 2. The van der Waals surface area contributed by atoms with Gasteiger partial charge < -0.3 is 14.8 Å². The second-order valence-electron chi connectivity index (χ2n) is 3.61. The van der Waals surface area contributed by atoms with E-state index in [2.05, 4.69) is 15.3 Å². The number of ether oxygens (including phenoxy) is 2. The summed E-state index contributed by atoms with van der Waals surface area (Å²) in [5.41, 5.74) is 0. The zero-order valence-corrected chi connectivity index (χ0v) is 12.8. The summed E-state index contributed by atoms with van der Waals surface area (Å²) in [7, 11) is 3.20. The fourth-order valence-electron chi connectivity index (χ4n) is 1.48. The van der Waals surface area contributed by atoms with Crippen LogP contribution >= 0.6 is 34.8 Å². The molecule has 1 heterocycles. The SMILES string of the molecule is CNc1ncnc(Oc2cc(Cl)c(Cl)cc2Cl)c1OC. The maximum absolute atomic E-state index is 6.05. The average Bonchev–Trinajstić information content (AvgIpc) is 2.44. The maximum Gasteiger partial charge on any atom is 0.268 e. The van der Waals surface area contributed by atoms with E-state index in [1.165, 1.54) is 25.6 Å². The Kier molecular flexibility index (Phi) is 4.75. The van der Waals surface area contributed by atoms with Crippen LogP contribution in [-0.2, 0) is 0 Å². The van der Waals surface area contributed by atoms with Gasteiger partial charge in [-0.2, -0.15) is 4.98 Å². The lowest BCUT2D eigenvalue weighted by Gasteiger charge is -2.13. The van der Waals surface area contributed by atoms with Crippen molar-refractivity contribution in [3.05, 3.63) is 33.5 Å². The van der Waals surface area contributed by atoms with Crippen molar-refractivity contribution in [2.24, 2.45) is 0 Å². The minimum absolute atomic E-state index is 0.215. The molecule has 0 aliphatic carbocycles. The molecular formula is C12H10Cl3N3O2. The summed E-state index contributed by atoms with van der Waals surface area (Å²) in [6.07, 6.45) is 1.34. The summed E-state index contributed by atoms with van der Waals surface area (Å²) in [4.78, 5) is 8.03. The van der Waals surface area contributed by atoms with Gasteiger partial charge in [0.15, 0.2) is 5.82 Å². The van der Waals surface area contributed by atoms with E-state index in [0.29, 0.717) is 32.4 Å². The van der Waals surface area contributed by atoms with Gasteiger partial charge in [-0.1, -0.05) is 34.8 Å². The standard InChI is InChI=1S/C12H10Cl3N3O2/c1-16-11-10(19-2)12(18-5-17-11)20-9-4-7(14)6(13)3-8(9)15/h3-5H,1-2H3,(H,16,17,18). The highest BCUT2D eigenvalue weighted by molar-refractivity contribution is 6.43. The molecule has 106 valence electrons. The predicted molar refractivity (Wildman–Crippen MR) is 79.7 cm³/mol. The van der Waals surface area contributed by atoms with Crippen molar-refractivity contribution in [1.29, 1.82) is 0 Å². The summed E-state index contributed by atoms with van der Waals surface area (Å²) >= 11 is 17.9. The molecule has 0 amide bonds. The minimum atomic E-state index is 0.215. The molecule has 0 aliphatic heterocycles. The smallest absolute Gasteiger partial charge is 0.268 e. The first-order valence-corrected chi connectivity index (χ1v) is 6.59. The second kappa shape index (κ2) is 6.35. The third kappa shape index (κ3) is 3.00. The lowest BCUT2D eigenvalue weighted by molar-refractivity contribution is 0.369. The second-order valence-corrected chi connectivity index (χ2v) is 4.83. The van der Waals surface area contributed by atoms with Crippen molar-refractivity contribution in [1.82, 2.24) is 9.97 Å². The zero-order chi connectivity index (χ0) is 14.7. The van der Waals surface area contributed by atoms with Crippen LogP contribution in [0.1, 0.15) is 0 Å². The summed E-state index contributed by atoms with van der Waals surface area (Å²) < 4.78 is 10.8. The first-order chi connectivity index (χ1) is 9.56. The molecule has 1 aromatic heterocycles. The van der Waals surface area contributed by atoms with Crippen LogP contribution < -0.4 is 14.8 Å². The van der Waals surface area contributed by atoms with E-state index in [-0.39, 0.29) is 5.88 Å². The van der Waals surface area contributed by atoms with Gasteiger partial charge in [0.2, 0.25) is 5.75 Å². The Bertz CT molecular complexity index is 638. The van der Waals surface area contributed by atoms with E-state index in [1.54, 1.807) is 7.05 Å². The Hall–Kier alpha value is -1.43. The Balaban J connectivity index is 2.42. The van der Waals surface area contributed by atoms with E-state index in [4.69, 9.17) is 44.3 Å². The highest BCUT2D eigenvalue weighted by Gasteiger charge is 2.15. The van der Waals surface area contributed by atoms with Gasteiger partial charge in [-0.3, -0.25) is 0 Å². The van der Waals surface area contributed by atoms with Gasteiger partial charge >= 0.3 is 0 Å². The maximum atomic E-state index is 6.05. The van der Waals surface area contributed by atoms with Gasteiger partial charge in [-0.05, 0) is 6.07 Å². The molecule has 2 aromatic rings. The highest BCUT2D eigenvalue weighted by Crippen LogP contribution is 2.39. The predicted octanol–water partition coefficient (Wildman–Crippen LogP) is 4.28. The first kappa shape index (κ1) is 15.0. The molecule has 8 heteroatoms. The molecule has 0 aliphatic rings. The highest BCUT2D eigenvalue weighted by atomic mass is 35.5. The Labute approximate surface area is 130 Å². The monoisotopic (exact) mass is 333 g/mol. The Morgan fingerprint density at radius 3 is 2.40 bits per heavy atom. The number of benzene rings is 1. The quantitative estimate of drug-likeness (QED) is 0.846. The zero-order valence-electron chi connectivity index (χ0n) is 10.6. The van der Waals surface area contributed by atoms with Crippen molar-refractivity contribution >= 4 is 40.6 Å². The molecule has 0 bridgehead atoms. The molecule has 0 fully saturated rings. The first-order valence-electron chi connectivity index (χ1n) is 5.46. The van der Waals surface area contributed by atoms with Crippen LogP contribution in [0, 0.1) is 0 Å². The van der Waals surface area contributed by atoms with Crippen LogP contribution in [0.25, 0.3) is 0 Å². The fraction of sp³-hybridized carbons (Fsp3) is 0.167. The summed E-state index contributed by atoms with van der Waals surface area (Å²) in [5.74, 6) is 1.39. The van der Waals surface area contributed by atoms with E-state index in [0.717, 1.165) is 0 Å². The lowest BCUT2D eigenvalue weighted by atomic mass is 10.3. The van der Waals surface area contributed by atoms with Gasteiger partial charge in [0.1, 0.15) is 12.1 Å². The van der Waals surface area contributed by atoms with E-state index in [1.807, 2.05) is 0 Å². The van der Waals surface area contributed by atoms with Gasteiger partial charge in [-0.15, -0.1) is 0 Å². The van der Waals surface area contributed by atoms with Crippen LogP contribution in [-0.4, -0.2) is 24.1 Å². The van der Waals surface area contributed by atoms with E-state index >= 15 is 0 Å². The fourth-order valence-corrected chi connectivity index (χ4v) is 2.05. The molecule has 0 saturated heterocycles. The third-order valence-corrected chi connectivity index (χ3v) is 3.41. The number of rotatable bonds is 4. The van der Waals surface area contributed by atoms with Crippen LogP contribution in [0.2, 0.25) is 15.1 Å². The van der Waals surface area contributed by atoms with Crippen LogP contribution in [0.3, 0.4) is 0 Å². The average molecular weight is 335 g/mol. The summed E-state index contributed by atoms with van der Waals surface area (Å²) in [6.45, 7) is 0. The number of methoxy groups -OCH3 is 1. The van der Waals surface area contributed by atoms with Crippen molar-refractivity contribution in [2.45, 2.75) is 0 Å². The van der Waals surface area contributed by atoms with Crippen molar-refractivity contribution in [2.75, 3.05) is 19.5 Å². The summed E-state index contributed by atoms with van der Waals surface area (Å²) in [6, 6.07) is 3.00. The molecule has 0 saturated carbocycles. The molecule has 2 rings (SSSR count). The summed E-state index contributed by atoms with van der Waals surface area (Å²) in [5, 5.41) is 3.85. The molecular weight excluding hydrogens is 325 g/mol. The van der Waals surface area contributed by atoms with Crippen LogP contribution in [0.15, 0.2) is 18.5 Å². The molecule has 1 aromatic carbocycles. The van der Waals surface area contributed by atoms with Crippen molar-refractivity contribution < 1.29 is 9.47 Å². The van der Waals surface area contributed by atoms with Gasteiger partial charge in [-0.25, -0.2) is 4.98 Å². The number of halogens is 3. The van der Waals surface area contributed by atoms with Gasteiger partial charge in [0.25, 0.3) is 5.88 Å². The number of aromatic nitrogens is 2. The molecule has 0 radical (unpaired) electrons. The van der Waals surface area contributed by atoms with Gasteiger partial charge in [0.05, 0.1) is 22.2 Å². The van der Waals surface area contributed by atoms with Crippen LogP contribution in [0.4, 0.5) is 5.82 Å². The number of hydrogen-bond donors (Lipinski definition) is 1. The number of hydrogen-bond acceptors (Lipinski definition) is 5. The Morgan fingerprint density at radius 1 is 1.05 bits per heavy atom. The lowest BCUT2D eigenvalue weighted by Crippen LogP contribution is -2.01. The van der Waals surface area contributed by atoms with Crippen LogP contribution in [0.5, 0.6) is 17.4 Å². The molecule has 0 unspecified atom stereocenters. The number of nitrogens with one attached hydrogen (secondary N) is 1. The normalized spacial score (nSPS) is 10.2. The topological polar surface area (TPSA) is 56.3 Å².